The van der Waals surface area contributed by atoms with Gasteiger partial charge in [0.25, 0.3) is 0 Å². The van der Waals surface area contributed by atoms with Crippen molar-refractivity contribution < 1.29 is 14.2 Å². The molecule has 31 heavy (non-hydrogen) atoms. The van der Waals surface area contributed by atoms with Crippen LogP contribution in [0.1, 0.15) is 44.9 Å². The quantitative estimate of drug-likeness (QED) is 0.741. The van der Waals surface area contributed by atoms with E-state index in [-0.39, 0.29) is 24.4 Å². The summed E-state index contributed by atoms with van der Waals surface area (Å²) in [6, 6.07) is 4.55. The second kappa shape index (κ2) is 7.97. The largest absolute Gasteiger partial charge is 0.382 e. The summed E-state index contributed by atoms with van der Waals surface area (Å²) in [5, 5.41) is 4.41. The minimum atomic E-state index is -0.633. The van der Waals surface area contributed by atoms with Crippen molar-refractivity contribution in [2.45, 2.75) is 69.4 Å². The van der Waals surface area contributed by atoms with Crippen LogP contribution in [0.4, 0.5) is 5.82 Å². The fourth-order valence-electron chi connectivity index (χ4n) is 5.36. The summed E-state index contributed by atoms with van der Waals surface area (Å²) in [6.07, 6.45) is 4.53. The Morgan fingerprint density at radius 3 is 2.84 bits per heavy atom. The summed E-state index contributed by atoms with van der Waals surface area (Å²) in [7, 11) is 4.27. The lowest BCUT2D eigenvalue weighted by atomic mass is 10.0. The molecule has 5 heterocycles. The van der Waals surface area contributed by atoms with E-state index >= 15 is 0 Å². The summed E-state index contributed by atoms with van der Waals surface area (Å²) >= 11 is 0. The van der Waals surface area contributed by atoms with Crippen LogP contribution in [0.5, 0.6) is 0 Å². The monoisotopic (exact) mass is 430 g/mol. The van der Waals surface area contributed by atoms with Crippen LogP contribution >= 0.6 is 0 Å². The molecule has 0 aliphatic carbocycles. The molecule has 5 rings (SSSR count). The molecule has 2 N–H and O–H groups in total. The van der Waals surface area contributed by atoms with Crippen molar-refractivity contribution >= 4 is 11.3 Å². The molecule has 0 spiro atoms. The third-order valence-electron chi connectivity index (χ3n) is 6.78. The molecular formula is C22H34N6O3. The molecule has 5 atom stereocenters. The molecule has 3 aliphatic heterocycles. The molecule has 0 aromatic carbocycles. The molecule has 3 saturated heterocycles. The maximum atomic E-state index is 6.63. The van der Waals surface area contributed by atoms with Gasteiger partial charge < -0.3 is 24.8 Å². The van der Waals surface area contributed by atoms with Gasteiger partial charge in [-0.3, -0.25) is 4.90 Å². The molecule has 9 nitrogen and oxygen atoms in total. The van der Waals surface area contributed by atoms with E-state index in [1.165, 1.54) is 25.6 Å². The Kier molecular flexibility index (Phi) is 5.42. The average Bonchev–Trinajstić information content (AvgIpc) is 3.45. The van der Waals surface area contributed by atoms with E-state index in [0.29, 0.717) is 11.9 Å². The van der Waals surface area contributed by atoms with Crippen molar-refractivity contribution in [3.05, 3.63) is 24.2 Å². The Labute approximate surface area is 183 Å². The number of rotatable bonds is 6. The number of nitrogen functional groups attached to an aromatic ring is 1. The van der Waals surface area contributed by atoms with Gasteiger partial charge in [-0.05, 0) is 72.4 Å². The van der Waals surface area contributed by atoms with Gasteiger partial charge in [-0.2, -0.15) is 5.10 Å². The molecule has 0 radical (unpaired) electrons. The van der Waals surface area contributed by atoms with Crippen LogP contribution < -0.4 is 5.73 Å². The van der Waals surface area contributed by atoms with Gasteiger partial charge in [0.1, 0.15) is 36.3 Å². The maximum Gasteiger partial charge on any atom is 0.164 e. The molecule has 0 saturated carbocycles. The van der Waals surface area contributed by atoms with Gasteiger partial charge in [0.05, 0.1) is 5.69 Å². The van der Waals surface area contributed by atoms with Crippen molar-refractivity contribution in [1.29, 1.82) is 0 Å². The first-order valence-corrected chi connectivity index (χ1v) is 11.3. The van der Waals surface area contributed by atoms with E-state index in [0.717, 1.165) is 30.8 Å². The Morgan fingerprint density at radius 1 is 1.23 bits per heavy atom. The molecule has 9 heteroatoms. The predicted molar refractivity (Wildman–Crippen MR) is 117 cm³/mol. The van der Waals surface area contributed by atoms with Crippen molar-refractivity contribution in [3.63, 3.8) is 0 Å². The van der Waals surface area contributed by atoms with Crippen molar-refractivity contribution in [2.24, 2.45) is 0 Å². The van der Waals surface area contributed by atoms with E-state index in [4.69, 9.17) is 19.9 Å². The first-order chi connectivity index (χ1) is 14.8. The van der Waals surface area contributed by atoms with Crippen LogP contribution in [0, 0.1) is 0 Å². The highest BCUT2D eigenvalue weighted by Gasteiger charge is 2.56. The standard InChI is InChI=1S/C22H34N6O3/c1-22(2)30-19-17(12-27-10-5-6-14(27)9-11-26(3)4)29-18(20(19)31-22)15-7-8-16-21(23)24-13-25-28(15)16/h7-8,13-14,17-20H,5-6,9-12H2,1-4H3,(H2,23,24,25)/t14-,17+,18-,19+,20-/m0/s1. The second-order valence-electron chi connectivity index (χ2n) is 9.74. The first kappa shape index (κ1) is 21.1. The number of nitrogens with zero attached hydrogens (tertiary/aromatic N) is 5. The molecule has 170 valence electrons. The molecule has 0 bridgehead atoms. The SMILES string of the molecule is CN(C)CC[C@@H]1CCCN1C[C@H]1O[C@@H](c2ccc3c(N)ncnn23)[C@@H]2OC(C)(C)O[C@@H]21. The minimum absolute atomic E-state index is 0.0542. The lowest BCUT2D eigenvalue weighted by molar-refractivity contribution is -0.190. The number of fused-ring (bicyclic) bond motifs is 2. The Bertz CT molecular complexity index is 931. The first-order valence-electron chi connectivity index (χ1n) is 11.3. The lowest BCUT2D eigenvalue weighted by Crippen LogP contribution is -2.42. The topological polar surface area (TPSA) is 90.4 Å². The predicted octanol–water partition coefficient (Wildman–Crippen LogP) is 1.69. The Morgan fingerprint density at radius 2 is 2.03 bits per heavy atom. The minimum Gasteiger partial charge on any atom is -0.382 e. The normalized spacial score (nSPS) is 33.0. The molecule has 0 unspecified atom stereocenters. The third kappa shape index (κ3) is 3.93. The van der Waals surface area contributed by atoms with Gasteiger partial charge >= 0.3 is 0 Å². The van der Waals surface area contributed by atoms with Crippen molar-refractivity contribution in [1.82, 2.24) is 24.4 Å². The average molecular weight is 431 g/mol. The number of aromatic nitrogens is 3. The van der Waals surface area contributed by atoms with Gasteiger partial charge in [0.15, 0.2) is 11.6 Å². The molecule has 0 amide bonds. The molecule has 2 aromatic rings. The van der Waals surface area contributed by atoms with Gasteiger partial charge in [0, 0.05) is 12.6 Å². The highest BCUT2D eigenvalue weighted by atomic mass is 16.8. The summed E-state index contributed by atoms with van der Waals surface area (Å²) in [4.78, 5) is 8.94. The van der Waals surface area contributed by atoms with Crippen molar-refractivity contribution in [3.8, 4) is 0 Å². The van der Waals surface area contributed by atoms with Crippen LogP contribution in [-0.2, 0) is 14.2 Å². The fourth-order valence-corrected chi connectivity index (χ4v) is 5.36. The highest BCUT2D eigenvalue weighted by molar-refractivity contribution is 5.65. The van der Waals surface area contributed by atoms with E-state index < -0.39 is 5.79 Å². The van der Waals surface area contributed by atoms with Crippen molar-refractivity contribution in [2.75, 3.05) is 39.5 Å². The zero-order valence-corrected chi connectivity index (χ0v) is 18.9. The zero-order chi connectivity index (χ0) is 21.8. The van der Waals surface area contributed by atoms with Gasteiger partial charge in [-0.25, -0.2) is 9.50 Å². The number of hydrogen-bond acceptors (Lipinski definition) is 8. The lowest BCUT2D eigenvalue weighted by Gasteiger charge is -2.30. The van der Waals surface area contributed by atoms with Crippen LogP contribution in [0.15, 0.2) is 18.5 Å². The summed E-state index contributed by atoms with van der Waals surface area (Å²) in [5.74, 6) is -0.177. The zero-order valence-electron chi connectivity index (χ0n) is 18.9. The van der Waals surface area contributed by atoms with Gasteiger partial charge in [0.2, 0.25) is 0 Å². The highest BCUT2D eigenvalue weighted by Crippen LogP contribution is 2.46. The van der Waals surface area contributed by atoms with Crippen LogP contribution in [0.3, 0.4) is 0 Å². The number of nitrogens with two attached hydrogens (primary N) is 1. The van der Waals surface area contributed by atoms with Crippen LogP contribution in [0.2, 0.25) is 0 Å². The third-order valence-corrected chi connectivity index (χ3v) is 6.78. The van der Waals surface area contributed by atoms with E-state index in [9.17, 15) is 0 Å². The van der Waals surface area contributed by atoms with Crippen LogP contribution in [0.25, 0.3) is 5.52 Å². The summed E-state index contributed by atoms with van der Waals surface area (Å²) < 4.78 is 21.1. The smallest absolute Gasteiger partial charge is 0.164 e. The second-order valence-corrected chi connectivity index (χ2v) is 9.74. The molecule has 3 aliphatic rings. The number of hydrogen-bond donors (Lipinski definition) is 1. The number of anilines is 1. The molecular weight excluding hydrogens is 396 g/mol. The Hall–Kier alpha value is -1.78. The summed E-state index contributed by atoms with van der Waals surface area (Å²) in [5.41, 5.74) is 7.75. The number of likely N-dealkylation sites (tertiary alicyclic amines) is 1. The van der Waals surface area contributed by atoms with Crippen LogP contribution in [-0.4, -0.2) is 88.3 Å². The molecule has 3 fully saturated rings. The fraction of sp³-hybridized carbons (Fsp3) is 0.727. The Balaban J connectivity index is 1.39. The maximum absolute atomic E-state index is 6.63. The van der Waals surface area contributed by atoms with E-state index in [1.54, 1.807) is 0 Å². The van der Waals surface area contributed by atoms with E-state index in [2.05, 4.69) is 34.0 Å². The van der Waals surface area contributed by atoms with Gasteiger partial charge in [-0.1, -0.05) is 0 Å². The van der Waals surface area contributed by atoms with Gasteiger partial charge in [-0.15, -0.1) is 0 Å². The summed E-state index contributed by atoms with van der Waals surface area (Å²) in [6.45, 7) is 7.03. The van der Waals surface area contributed by atoms with E-state index in [1.807, 2.05) is 30.5 Å². The number of ether oxygens (including phenoxy) is 3. The molecule has 2 aromatic heterocycles.